The van der Waals surface area contributed by atoms with Crippen molar-refractivity contribution in [1.29, 1.82) is 0 Å². The Morgan fingerprint density at radius 2 is 1.77 bits per heavy atom. The van der Waals surface area contributed by atoms with Gasteiger partial charge < -0.3 is 20.3 Å². The van der Waals surface area contributed by atoms with Crippen LogP contribution >= 0.6 is 0 Å². The quantitative estimate of drug-likeness (QED) is 0.665. The number of carbonyl (C=O) groups is 2. The second-order valence-corrected chi connectivity index (χ2v) is 8.07. The molecule has 2 aromatic carbocycles. The number of nitrogens with zero attached hydrogens (tertiary/aromatic N) is 1. The highest BCUT2D eigenvalue weighted by atomic mass is 16.5. The van der Waals surface area contributed by atoms with Crippen LogP contribution in [0.5, 0.6) is 5.75 Å². The van der Waals surface area contributed by atoms with Crippen molar-refractivity contribution in [3.05, 3.63) is 65.2 Å². The van der Waals surface area contributed by atoms with Crippen LogP contribution in [0.2, 0.25) is 0 Å². The van der Waals surface area contributed by atoms with Crippen LogP contribution in [0.3, 0.4) is 0 Å². The molecule has 0 aliphatic heterocycles. The molecule has 2 aromatic rings. The van der Waals surface area contributed by atoms with E-state index in [1.807, 2.05) is 82.2 Å². The molecular formula is C24H33N3O3. The molecule has 0 radical (unpaired) electrons. The molecule has 2 rings (SSSR count). The summed E-state index contributed by atoms with van der Waals surface area (Å²) >= 11 is 0. The van der Waals surface area contributed by atoms with Crippen LogP contribution in [-0.4, -0.2) is 50.5 Å². The smallest absolute Gasteiger partial charge is 0.251 e. The molecule has 0 bridgehead atoms. The summed E-state index contributed by atoms with van der Waals surface area (Å²) in [5.41, 5.74) is 2.60. The highest BCUT2D eigenvalue weighted by Crippen LogP contribution is 2.22. The molecule has 2 N–H and O–H groups in total. The van der Waals surface area contributed by atoms with E-state index in [1.54, 1.807) is 13.2 Å². The van der Waals surface area contributed by atoms with E-state index < -0.39 is 6.04 Å². The van der Waals surface area contributed by atoms with Crippen LogP contribution in [0.15, 0.2) is 48.5 Å². The Morgan fingerprint density at radius 3 is 2.37 bits per heavy atom. The Bertz CT molecular complexity index is 864. The van der Waals surface area contributed by atoms with E-state index >= 15 is 0 Å². The first kappa shape index (κ1) is 23.4. The van der Waals surface area contributed by atoms with E-state index in [-0.39, 0.29) is 23.8 Å². The third kappa shape index (κ3) is 6.32. The molecule has 2 amide bonds. The number of amides is 2. The van der Waals surface area contributed by atoms with Crippen molar-refractivity contribution < 1.29 is 14.3 Å². The highest BCUT2D eigenvalue weighted by Gasteiger charge is 2.26. The topological polar surface area (TPSA) is 70.7 Å². The maximum Gasteiger partial charge on any atom is 0.251 e. The number of likely N-dealkylation sites (N-methyl/N-ethyl adjacent to an activating group) is 1. The minimum Gasteiger partial charge on any atom is -0.497 e. The molecule has 0 saturated heterocycles. The molecule has 6 nitrogen and oxygen atoms in total. The minimum atomic E-state index is -0.619. The van der Waals surface area contributed by atoms with Crippen LogP contribution in [0, 0.1) is 12.8 Å². The monoisotopic (exact) mass is 411 g/mol. The molecule has 162 valence electrons. The summed E-state index contributed by atoms with van der Waals surface area (Å²) < 4.78 is 5.32. The van der Waals surface area contributed by atoms with Crippen LogP contribution in [0.25, 0.3) is 0 Å². The van der Waals surface area contributed by atoms with Gasteiger partial charge in [0, 0.05) is 12.1 Å². The van der Waals surface area contributed by atoms with E-state index in [2.05, 4.69) is 10.6 Å². The summed E-state index contributed by atoms with van der Waals surface area (Å²) in [4.78, 5) is 27.6. The summed E-state index contributed by atoms with van der Waals surface area (Å²) in [6, 6.07) is 14.5. The van der Waals surface area contributed by atoms with Crippen LogP contribution in [-0.2, 0) is 4.79 Å². The molecule has 0 heterocycles. The molecular weight excluding hydrogens is 378 g/mol. The lowest BCUT2D eigenvalue weighted by atomic mass is 10.0. The van der Waals surface area contributed by atoms with E-state index in [4.69, 9.17) is 4.74 Å². The third-order valence-electron chi connectivity index (χ3n) is 5.09. The van der Waals surface area contributed by atoms with Gasteiger partial charge in [0.1, 0.15) is 11.8 Å². The second kappa shape index (κ2) is 10.8. The number of nitrogens with one attached hydrogen (secondary N) is 2. The van der Waals surface area contributed by atoms with Gasteiger partial charge in [-0.1, -0.05) is 43.7 Å². The Balaban J connectivity index is 2.08. The van der Waals surface area contributed by atoms with E-state index in [0.717, 1.165) is 16.9 Å². The zero-order valence-corrected chi connectivity index (χ0v) is 18.7. The Morgan fingerprint density at radius 1 is 1.07 bits per heavy atom. The van der Waals surface area contributed by atoms with Gasteiger partial charge in [0.05, 0.1) is 13.2 Å². The minimum absolute atomic E-state index is 0.0238. The lowest BCUT2D eigenvalue weighted by Gasteiger charge is -2.27. The van der Waals surface area contributed by atoms with Gasteiger partial charge in [-0.2, -0.15) is 0 Å². The summed E-state index contributed by atoms with van der Waals surface area (Å²) in [7, 11) is 5.57. The molecule has 6 heteroatoms. The zero-order chi connectivity index (χ0) is 22.3. The van der Waals surface area contributed by atoms with Crippen LogP contribution < -0.4 is 15.4 Å². The van der Waals surface area contributed by atoms with Crippen LogP contribution in [0.4, 0.5) is 0 Å². The number of hydrogen-bond acceptors (Lipinski definition) is 4. The summed E-state index contributed by atoms with van der Waals surface area (Å²) in [5.74, 6) is 0.287. The standard InChI is InChI=1S/C24H33N3O3/c1-16(2)22(26-23(28)19-11-7-9-17(3)13-19)24(29)25-15-21(27(4)5)18-10-8-12-20(14-18)30-6/h7-14,16,21-22H,15H2,1-6H3,(H,25,29)(H,26,28). The Labute approximate surface area is 179 Å². The Hall–Kier alpha value is -2.86. The average Bonchev–Trinajstić information content (AvgIpc) is 2.71. The Kier molecular flexibility index (Phi) is 8.42. The molecule has 0 aliphatic rings. The van der Waals surface area contributed by atoms with Crippen molar-refractivity contribution in [1.82, 2.24) is 15.5 Å². The fourth-order valence-electron chi connectivity index (χ4n) is 3.30. The first-order chi connectivity index (χ1) is 14.2. The van der Waals surface area contributed by atoms with Gasteiger partial charge in [0.15, 0.2) is 0 Å². The molecule has 2 atom stereocenters. The van der Waals surface area contributed by atoms with Crippen molar-refractivity contribution in [3.63, 3.8) is 0 Å². The van der Waals surface area contributed by atoms with Crippen LogP contribution in [0.1, 0.15) is 41.4 Å². The third-order valence-corrected chi connectivity index (χ3v) is 5.09. The number of methoxy groups -OCH3 is 1. The molecule has 0 aromatic heterocycles. The largest absolute Gasteiger partial charge is 0.497 e. The van der Waals surface area contributed by atoms with Gasteiger partial charge in [0.2, 0.25) is 5.91 Å². The fourth-order valence-corrected chi connectivity index (χ4v) is 3.30. The van der Waals surface area contributed by atoms with Crippen molar-refractivity contribution >= 4 is 11.8 Å². The van der Waals surface area contributed by atoms with Gasteiger partial charge in [-0.05, 0) is 56.8 Å². The molecule has 2 unspecified atom stereocenters. The first-order valence-corrected chi connectivity index (χ1v) is 10.2. The predicted octanol–water partition coefficient (Wildman–Crippen LogP) is 3.18. The summed E-state index contributed by atoms with van der Waals surface area (Å²) in [5, 5.41) is 5.90. The number of ether oxygens (including phenoxy) is 1. The maximum absolute atomic E-state index is 12.9. The van der Waals surface area contributed by atoms with E-state index in [0.29, 0.717) is 12.1 Å². The van der Waals surface area contributed by atoms with Gasteiger partial charge in [0.25, 0.3) is 5.91 Å². The number of aryl methyl sites for hydroxylation is 1. The number of benzene rings is 2. The maximum atomic E-state index is 12.9. The van der Waals surface area contributed by atoms with Gasteiger partial charge in [-0.15, -0.1) is 0 Å². The SMILES string of the molecule is COc1cccc(C(CNC(=O)C(NC(=O)c2cccc(C)c2)C(C)C)N(C)C)c1. The van der Waals surface area contributed by atoms with Gasteiger partial charge in [-0.3, -0.25) is 9.59 Å². The predicted molar refractivity (Wildman–Crippen MR) is 120 cm³/mol. The average molecular weight is 412 g/mol. The molecule has 0 fully saturated rings. The van der Waals surface area contributed by atoms with Gasteiger partial charge >= 0.3 is 0 Å². The second-order valence-electron chi connectivity index (χ2n) is 8.07. The van der Waals surface area contributed by atoms with Gasteiger partial charge in [-0.25, -0.2) is 0 Å². The zero-order valence-electron chi connectivity index (χ0n) is 18.7. The lowest BCUT2D eigenvalue weighted by molar-refractivity contribution is -0.124. The molecule has 30 heavy (non-hydrogen) atoms. The number of rotatable bonds is 9. The normalized spacial score (nSPS) is 13.1. The first-order valence-electron chi connectivity index (χ1n) is 10.2. The molecule has 0 saturated carbocycles. The van der Waals surface area contributed by atoms with Crippen molar-refractivity contribution in [2.24, 2.45) is 5.92 Å². The molecule has 0 aliphatic carbocycles. The summed E-state index contributed by atoms with van der Waals surface area (Å²) in [6.07, 6.45) is 0. The van der Waals surface area contributed by atoms with Crippen molar-refractivity contribution in [2.75, 3.05) is 27.7 Å². The lowest BCUT2D eigenvalue weighted by Crippen LogP contribution is -2.51. The fraction of sp³-hybridized carbons (Fsp3) is 0.417. The highest BCUT2D eigenvalue weighted by molar-refractivity contribution is 5.97. The van der Waals surface area contributed by atoms with E-state index in [9.17, 15) is 9.59 Å². The van der Waals surface area contributed by atoms with Crippen molar-refractivity contribution in [3.8, 4) is 5.75 Å². The molecule has 0 spiro atoms. The van der Waals surface area contributed by atoms with Crippen molar-refractivity contribution in [2.45, 2.75) is 32.9 Å². The number of carbonyl (C=O) groups excluding carboxylic acids is 2. The van der Waals surface area contributed by atoms with E-state index in [1.165, 1.54) is 0 Å². The number of hydrogen-bond donors (Lipinski definition) is 2. The summed E-state index contributed by atoms with van der Waals surface area (Å²) in [6.45, 7) is 6.20.